The fraction of sp³-hybridized carbons (Fsp3) is 0.133. The third-order valence-corrected chi connectivity index (χ3v) is 3.51. The minimum atomic E-state index is 0.325. The standard InChI is InChI=1S/C15H12BrN3O/c1-10-5-6-12-3-2-4-13(14(12)19-10)20-15-17-8-11(7-16)9-18-15/h2-6,8-9H,7H2,1H3. The number of hydrogen-bond donors (Lipinski definition) is 0. The average molecular weight is 330 g/mol. The van der Waals surface area contributed by atoms with Crippen LogP contribution in [0.15, 0.2) is 42.7 Å². The highest BCUT2D eigenvalue weighted by molar-refractivity contribution is 9.08. The molecule has 0 unspecified atom stereocenters. The van der Waals surface area contributed by atoms with Gasteiger partial charge in [-0.05, 0) is 24.6 Å². The van der Waals surface area contributed by atoms with Crippen molar-refractivity contribution in [3.63, 3.8) is 0 Å². The number of benzene rings is 1. The van der Waals surface area contributed by atoms with E-state index in [1.54, 1.807) is 12.4 Å². The fourth-order valence-electron chi connectivity index (χ4n) is 1.86. The van der Waals surface area contributed by atoms with Crippen LogP contribution in [0.5, 0.6) is 11.8 Å². The lowest BCUT2D eigenvalue weighted by molar-refractivity contribution is 0.445. The minimum Gasteiger partial charge on any atom is -0.422 e. The van der Waals surface area contributed by atoms with Crippen LogP contribution in [-0.4, -0.2) is 15.0 Å². The van der Waals surface area contributed by atoms with E-state index in [-0.39, 0.29) is 0 Å². The molecule has 4 nitrogen and oxygen atoms in total. The van der Waals surface area contributed by atoms with Crippen LogP contribution in [-0.2, 0) is 5.33 Å². The maximum absolute atomic E-state index is 5.75. The monoisotopic (exact) mass is 329 g/mol. The van der Waals surface area contributed by atoms with Crippen LogP contribution in [0.25, 0.3) is 10.9 Å². The average Bonchev–Trinajstić information content (AvgIpc) is 2.49. The van der Waals surface area contributed by atoms with Gasteiger partial charge in [-0.3, -0.25) is 0 Å². The van der Waals surface area contributed by atoms with E-state index in [4.69, 9.17) is 4.74 Å². The third kappa shape index (κ3) is 2.63. The van der Waals surface area contributed by atoms with E-state index >= 15 is 0 Å². The highest BCUT2D eigenvalue weighted by Gasteiger charge is 2.07. The molecular weight excluding hydrogens is 318 g/mol. The van der Waals surface area contributed by atoms with Gasteiger partial charge in [0.05, 0.1) is 0 Å². The summed E-state index contributed by atoms with van der Waals surface area (Å²) in [5.74, 6) is 0.665. The largest absolute Gasteiger partial charge is 0.422 e. The van der Waals surface area contributed by atoms with Crippen LogP contribution in [0.4, 0.5) is 0 Å². The molecular formula is C15H12BrN3O. The Labute approximate surface area is 125 Å². The number of aryl methyl sites for hydroxylation is 1. The molecule has 20 heavy (non-hydrogen) atoms. The molecule has 2 aromatic heterocycles. The molecule has 2 heterocycles. The number of alkyl halides is 1. The van der Waals surface area contributed by atoms with Crippen molar-refractivity contribution in [1.29, 1.82) is 0 Å². The molecule has 3 rings (SSSR count). The molecule has 0 saturated carbocycles. The lowest BCUT2D eigenvalue weighted by Crippen LogP contribution is -1.94. The lowest BCUT2D eigenvalue weighted by atomic mass is 10.2. The Morgan fingerprint density at radius 2 is 1.90 bits per heavy atom. The molecule has 0 atom stereocenters. The SMILES string of the molecule is Cc1ccc2cccc(Oc3ncc(CBr)cn3)c2n1. The van der Waals surface area contributed by atoms with Gasteiger partial charge in [0.1, 0.15) is 5.52 Å². The molecule has 0 saturated heterocycles. The number of fused-ring (bicyclic) bond motifs is 1. The van der Waals surface area contributed by atoms with Gasteiger partial charge >= 0.3 is 6.01 Å². The summed E-state index contributed by atoms with van der Waals surface area (Å²) in [5.41, 5.74) is 2.77. The molecule has 5 heteroatoms. The zero-order valence-electron chi connectivity index (χ0n) is 10.9. The van der Waals surface area contributed by atoms with Gasteiger partial charge in [0.15, 0.2) is 5.75 Å². The Morgan fingerprint density at radius 3 is 2.65 bits per heavy atom. The maximum atomic E-state index is 5.75. The number of halogens is 1. The zero-order valence-corrected chi connectivity index (χ0v) is 12.5. The van der Waals surface area contributed by atoms with Crippen LogP contribution in [0.3, 0.4) is 0 Å². The zero-order chi connectivity index (χ0) is 13.9. The fourth-order valence-corrected chi connectivity index (χ4v) is 2.15. The minimum absolute atomic E-state index is 0.325. The molecule has 0 aliphatic rings. The van der Waals surface area contributed by atoms with Gasteiger partial charge in [-0.25, -0.2) is 15.0 Å². The van der Waals surface area contributed by atoms with Crippen molar-refractivity contribution < 1.29 is 4.74 Å². The number of rotatable bonds is 3. The second-order valence-corrected chi connectivity index (χ2v) is 4.95. The first-order valence-corrected chi connectivity index (χ1v) is 7.29. The smallest absolute Gasteiger partial charge is 0.321 e. The normalized spacial score (nSPS) is 10.7. The molecule has 0 radical (unpaired) electrons. The van der Waals surface area contributed by atoms with Crippen molar-refractivity contribution in [3.05, 3.63) is 54.0 Å². The molecule has 0 aliphatic carbocycles. The Kier molecular flexibility index (Phi) is 3.60. The molecule has 0 bridgehead atoms. The topological polar surface area (TPSA) is 47.9 Å². The first kappa shape index (κ1) is 13.0. The van der Waals surface area contributed by atoms with E-state index in [9.17, 15) is 0 Å². The first-order valence-electron chi connectivity index (χ1n) is 6.17. The first-order chi connectivity index (χ1) is 9.76. The summed E-state index contributed by atoms with van der Waals surface area (Å²) in [7, 11) is 0. The van der Waals surface area contributed by atoms with Crippen molar-refractivity contribution in [3.8, 4) is 11.8 Å². The second kappa shape index (κ2) is 5.54. The number of pyridine rings is 1. The number of para-hydroxylation sites is 1. The Hall–Kier alpha value is -2.01. The van der Waals surface area contributed by atoms with E-state index in [0.29, 0.717) is 11.8 Å². The van der Waals surface area contributed by atoms with Crippen molar-refractivity contribution in [2.24, 2.45) is 0 Å². The van der Waals surface area contributed by atoms with E-state index in [2.05, 4.69) is 30.9 Å². The van der Waals surface area contributed by atoms with Gasteiger partial charge in [-0.2, -0.15) is 0 Å². The van der Waals surface area contributed by atoms with Gasteiger partial charge in [0, 0.05) is 28.8 Å². The van der Waals surface area contributed by atoms with Crippen LogP contribution < -0.4 is 4.74 Å². The molecule has 0 N–H and O–H groups in total. The number of hydrogen-bond acceptors (Lipinski definition) is 4. The quantitative estimate of drug-likeness (QED) is 0.681. The van der Waals surface area contributed by atoms with E-state index < -0.39 is 0 Å². The molecule has 0 spiro atoms. The summed E-state index contributed by atoms with van der Waals surface area (Å²) in [6.45, 7) is 1.96. The Balaban J connectivity index is 1.99. The predicted octanol–water partition coefficient (Wildman–Crippen LogP) is 4.02. The van der Waals surface area contributed by atoms with Crippen LogP contribution >= 0.6 is 15.9 Å². The highest BCUT2D eigenvalue weighted by Crippen LogP contribution is 2.27. The molecule has 0 fully saturated rings. The van der Waals surface area contributed by atoms with E-state index in [1.807, 2.05) is 37.3 Å². The molecule has 1 aromatic carbocycles. The van der Waals surface area contributed by atoms with Crippen LogP contribution in [0.2, 0.25) is 0 Å². The number of aromatic nitrogens is 3. The molecule has 3 aromatic rings. The maximum Gasteiger partial charge on any atom is 0.321 e. The Morgan fingerprint density at radius 1 is 1.10 bits per heavy atom. The summed E-state index contributed by atoms with van der Waals surface area (Å²) in [5, 5.41) is 1.76. The number of nitrogens with zero attached hydrogens (tertiary/aromatic N) is 3. The number of ether oxygens (including phenoxy) is 1. The molecule has 0 amide bonds. The van der Waals surface area contributed by atoms with Crippen molar-refractivity contribution in [2.75, 3.05) is 0 Å². The van der Waals surface area contributed by atoms with E-state index in [1.165, 1.54) is 0 Å². The van der Waals surface area contributed by atoms with Gasteiger partial charge < -0.3 is 4.74 Å². The van der Waals surface area contributed by atoms with Crippen molar-refractivity contribution in [1.82, 2.24) is 15.0 Å². The summed E-state index contributed by atoms with van der Waals surface area (Å²) >= 11 is 3.36. The van der Waals surface area contributed by atoms with Gasteiger partial charge in [0.2, 0.25) is 0 Å². The summed E-state index contributed by atoms with van der Waals surface area (Å²) in [6, 6.07) is 10.1. The summed E-state index contributed by atoms with van der Waals surface area (Å²) in [6.07, 6.45) is 3.47. The van der Waals surface area contributed by atoms with Gasteiger partial charge in [-0.15, -0.1) is 0 Å². The van der Waals surface area contributed by atoms with Crippen LogP contribution in [0.1, 0.15) is 11.3 Å². The van der Waals surface area contributed by atoms with Crippen molar-refractivity contribution >= 4 is 26.8 Å². The lowest BCUT2D eigenvalue weighted by Gasteiger charge is -2.07. The molecule has 0 aliphatic heterocycles. The van der Waals surface area contributed by atoms with Crippen molar-refractivity contribution in [2.45, 2.75) is 12.3 Å². The van der Waals surface area contributed by atoms with Gasteiger partial charge in [-0.1, -0.05) is 34.1 Å². The summed E-state index contributed by atoms with van der Waals surface area (Å²) in [4.78, 5) is 12.9. The highest BCUT2D eigenvalue weighted by atomic mass is 79.9. The Bertz CT molecular complexity index is 744. The second-order valence-electron chi connectivity index (χ2n) is 4.39. The predicted molar refractivity (Wildman–Crippen MR) is 81.2 cm³/mol. The van der Waals surface area contributed by atoms with Crippen LogP contribution in [0, 0.1) is 6.92 Å². The molecule has 100 valence electrons. The van der Waals surface area contributed by atoms with E-state index in [0.717, 1.165) is 27.5 Å². The van der Waals surface area contributed by atoms with Gasteiger partial charge in [0.25, 0.3) is 0 Å². The third-order valence-electron chi connectivity index (χ3n) is 2.86. The summed E-state index contributed by atoms with van der Waals surface area (Å²) < 4.78 is 5.75.